The van der Waals surface area contributed by atoms with E-state index in [-0.39, 0.29) is 19.4 Å². The van der Waals surface area contributed by atoms with Gasteiger partial charge < -0.3 is 19.3 Å². The van der Waals surface area contributed by atoms with Gasteiger partial charge in [-0.15, -0.1) is 0 Å². The lowest BCUT2D eigenvalue weighted by Gasteiger charge is -2.18. The molecule has 0 heterocycles. The molecule has 0 fully saturated rings. The van der Waals surface area contributed by atoms with Crippen LogP contribution in [0.3, 0.4) is 0 Å². The Hall–Kier alpha value is -1.99. The number of hydrogen-bond acceptors (Lipinski definition) is 6. The highest BCUT2D eigenvalue weighted by atomic mass is 31.2. The fourth-order valence-electron chi connectivity index (χ4n) is 5.67. The average molecular weight is 753 g/mol. The lowest BCUT2D eigenvalue weighted by atomic mass is 10.1. The van der Waals surface area contributed by atoms with Gasteiger partial charge in [-0.3, -0.25) is 14.1 Å². The molecule has 0 saturated heterocycles. The van der Waals surface area contributed by atoms with Crippen LogP contribution in [-0.4, -0.2) is 41.0 Å². The van der Waals surface area contributed by atoms with Gasteiger partial charge in [0.25, 0.3) is 0 Å². The monoisotopic (exact) mass is 753 g/mol. The van der Waals surface area contributed by atoms with Crippen molar-refractivity contribution < 1.29 is 37.9 Å². The molecule has 0 rings (SSSR count). The molecule has 0 aliphatic heterocycles. The number of carbonyl (C=O) groups excluding carboxylic acids is 2. The Labute approximate surface area is 318 Å². The third-order valence-corrected chi connectivity index (χ3v) is 9.31. The van der Waals surface area contributed by atoms with Crippen molar-refractivity contribution in [2.45, 2.75) is 200 Å². The first-order valence-corrected chi connectivity index (χ1v) is 22.5. The summed E-state index contributed by atoms with van der Waals surface area (Å²) in [5.41, 5.74) is 0. The number of esters is 2. The van der Waals surface area contributed by atoms with E-state index in [2.05, 4.69) is 67.0 Å². The van der Waals surface area contributed by atoms with Crippen LogP contribution in [0.4, 0.5) is 0 Å². The predicted molar refractivity (Wildman–Crippen MR) is 216 cm³/mol. The molecule has 9 heteroatoms. The molecule has 0 aliphatic rings. The SMILES string of the molecule is CCCCC/C=C/C/C=C/C/C=C/CCCCC(=O)OC[C@H](COP(=O)(O)O)OC(=O)CCCCCCCCCCC/C=C/CCCCCCCC. The molecule has 2 N–H and O–H groups in total. The summed E-state index contributed by atoms with van der Waals surface area (Å²) >= 11 is 0. The van der Waals surface area contributed by atoms with E-state index in [9.17, 15) is 14.2 Å². The predicted octanol–water partition coefficient (Wildman–Crippen LogP) is 12.7. The molecule has 1 atom stereocenters. The number of unbranched alkanes of at least 4 members (excludes halogenated alkanes) is 20. The summed E-state index contributed by atoms with van der Waals surface area (Å²) in [6, 6.07) is 0. The van der Waals surface area contributed by atoms with Crippen LogP contribution < -0.4 is 0 Å². The number of rotatable bonds is 38. The highest BCUT2D eigenvalue weighted by molar-refractivity contribution is 7.46. The van der Waals surface area contributed by atoms with Crippen LogP contribution >= 0.6 is 7.82 Å². The molecule has 0 amide bonds. The van der Waals surface area contributed by atoms with Crippen LogP contribution in [-0.2, 0) is 28.2 Å². The Kier molecular flexibility index (Phi) is 37.2. The summed E-state index contributed by atoms with van der Waals surface area (Å²) in [4.78, 5) is 42.8. The lowest BCUT2D eigenvalue weighted by molar-refractivity contribution is -0.161. The molecule has 8 nitrogen and oxygen atoms in total. The van der Waals surface area contributed by atoms with Crippen LogP contribution in [0.1, 0.15) is 194 Å². The molecule has 0 aromatic heterocycles. The Morgan fingerprint density at radius 3 is 1.38 bits per heavy atom. The van der Waals surface area contributed by atoms with Gasteiger partial charge in [-0.2, -0.15) is 0 Å². The number of ether oxygens (including phenoxy) is 2. The van der Waals surface area contributed by atoms with Gasteiger partial charge in [0.2, 0.25) is 0 Å². The van der Waals surface area contributed by atoms with E-state index >= 15 is 0 Å². The number of hydrogen-bond donors (Lipinski definition) is 2. The second-order valence-corrected chi connectivity index (χ2v) is 15.2. The summed E-state index contributed by atoms with van der Waals surface area (Å²) < 4.78 is 26.3. The van der Waals surface area contributed by atoms with Crippen LogP contribution in [0.25, 0.3) is 0 Å². The fourth-order valence-corrected chi connectivity index (χ4v) is 6.03. The number of phosphoric ester groups is 1. The molecule has 52 heavy (non-hydrogen) atoms. The average Bonchev–Trinajstić information content (AvgIpc) is 3.11. The van der Waals surface area contributed by atoms with Crippen molar-refractivity contribution in [1.82, 2.24) is 0 Å². The third kappa shape index (κ3) is 40.8. The first-order valence-electron chi connectivity index (χ1n) is 20.9. The van der Waals surface area contributed by atoms with Crippen molar-refractivity contribution in [3.8, 4) is 0 Å². The van der Waals surface area contributed by atoms with Gasteiger partial charge in [0.05, 0.1) is 6.61 Å². The zero-order chi connectivity index (χ0) is 38.2. The van der Waals surface area contributed by atoms with E-state index in [0.717, 1.165) is 51.4 Å². The van der Waals surface area contributed by atoms with E-state index < -0.39 is 32.5 Å². The molecule has 0 saturated carbocycles. The highest BCUT2D eigenvalue weighted by Gasteiger charge is 2.22. The molecule has 302 valence electrons. The minimum Gasteiger partial charge on any atom is -0.462 e. The molecule has 0 radical (unpaired) electrons. The Morgan fingerprint density at radius 2 is 0.865 bits per heavy atom. The van der Waals surface area contributed by atoms with Crippen LogP contribution in [0.5, 0.6) is 0 Å². The van der Waals surface area contributed by atoms with Gasteiger partial charge in [0, 0.05) is 12.8 Å². The van der Waals surface area contributed by atoms with Gasteiger partial charge in [0.15, 0.2) is 6.10 Å². The number of allylic oxidation sites excluding steroid dienone is 8. The zero-order valence-electron chi connectivity index (χ0n) is 33.2. The van der Waals surface area contributed by atoms with Gasteiger partial charge in [-0.25, -0.2) is 4.57 Å². The van der Waals surface area contributed by atoms with E-state index in [1.807, 2.05) is 0 Å². The topological polar surface area (TPSA) is 119 Å². The highest BCUT2D eigenvalue weighted by Crippen LogP contribution is 2.36. The van der Waals surface area contributed by atoms with Crippen molar-refractivity contribution >= 4 is 19.8 Å². The zero-order valence-corrected chi connectivity index (χ0v) is 34.1. The van der Waals surface area contributed by atoms with E-state index in [0.29, 0.717) is 12.8 Å². The first-order chi connectivity index (χ1) is 25.3. The first kappa shape index (κ1) is 50.0. The Balaban J connectivity index is 3.97. The summed E-state index contributed by atoms with van der Waals surface area (Å²) in [7, 11) is -4.76. The Morgan fingerprint density at radius 1 is 0.500 bits per heavy atom. The summed E-state index contributed by atoms with van der Waals surface area (Å²) in [5, 5.41) is 0. The molecule has 0 unspecified atom stereocenters. The normalized spacial score (nSPS) is 12.9. The maximum Gasteiger partial charge on any atom is 0.469 e. The fraction of sp³-hybridized carbons (Fsp3) is 0.767. The van der Waals surface area contributed by atoms with E-state index in [1.54, 1.807) is 0 Å². The van der Waals surface area contributed by atoms with Gasteiger partial charge in [-0.05, 0) is 77.0 Å². The second kappa shape index (κ2) is 38.7. The van der Waals surface area contributed by atoms with Crippen LogP contribution in [0, 0.1) is 0 Å². The van der Waals surface area contributed by atoms with Crippen molar-refractivity contribution in [3.63, 3.8) is 0 Å². The maximum atomic E-state index is 12.4. The minimum atomic E-state index is -4.76. The van der Waals surface area contributed by atoms with E-state index in [4.69, 9.17) is 19.3 Å². The lowest BCUT2D eigenvalue weighted by Crippen LogP contribution is -2.29. The largest absolute Gasteiger partial charge is 0.469 e. The molecule has 0 aromatic carbocycles. The van der Waals surface area contributed by atoms with Crippen LogP contribution in [0.2, 0.25) is 0 Å². The maximum absolute atomic E-state index is 12.4. The van der Waals surface area contributed by atoms with Crippen molar-refractivity contribution in [2.75, 3.05) is 13.2 Å². The molecular formula is C43H77O8P. The quantitative estimate of drug-likeness (QED) is 0.0277. The molecule has 0 aromatic rings. The van der Waals surface area contributed by atoms with E-state index in [1.165, 1.54) is 103 Å². The minimum absolute atomic E-state index is 0.201. The molecule has 0 spiro atoms. The summed E-state index contributed by atoms with van der Waals surface area (Å²) in [6.07, 6.45) is 46.9. The summed E-state index contributed by atoms with van der Waals surface area (Å²) in [6.45, 7) is 3.62. The molecule has 0 aliphatic carbocycles. The number of carbonyl (C=O) groups is 2. The van der Waals surface area contributed by atoms with Crippen molar-refractivity contribution in [2.24, 2.45) is 0 Å². The van der Waals surface area contributed by atoms with Gasteiger partial charge in [-0.1, -0.05) is 152 Å². The van der Waals surface area contributed by atoms with Crippen molar-refractivity contribution in [1.29, 1.82) is 0 Å². The summed E-state index contributed by atoms with van der Waals surface area (Å²) in [5.74, 6) is -0.931. The molecule has 0 bridgehead atoms. The standard InChI is InChI=1S/C43H77O8P/c1-3-5-7-9-11-13-15-17-19-20-21-22-24-26-28-30-32-34-36-38-43(45)51-41(40-50-52(46,47)48)39-49-42(44)37-35-33-31-29-27-25-23-18-16-14-12-10-8-6-4-2/h12,14,17-19,23,27,29,41H,3-11,13,15-16,20-22,24-26,28,30-40H2,1-2H3,(H2,46,47,48)/b14-12+,19-17+,23-18+,29-27+/t41-/m1/s1. The second-order valence-electron chi connectivity index (χ2n) is 14.0. The van der Waals surface area contributed by atoms with Crippen LogP contribution in [0.15, 0.2) is 48.6 Å². The third-order valence-electron chi connectivity index (χ3n) is 8.82. The van der Waals surface area contributed by atoms with Crippen molar-refractivity contribution in [3.05, 3.63) is 48.6 Å². The van der Waals surface area contributed by atoms with Gasteiger partial charge >= 0.3 is 19.8 Å². The van der Waals surface area contributed by atoms with Gasteiger partial charge in [0.1, 0.15) is 6.61 Å². The number of phosphoric acid groups is 1. The molecular weight excluding hydrogens is 675 g/mol. The smallest absolute Gasteiger partial charge is 0.462 e. The Bertz CT molecular complexity index is 984.